The molecule has 3 N–H and O–H groups in total. The molecule has 0 saturated heterocycles. The summed E-state index contributed by atoms with van der Waals surface area (Å²) in [4.78, 5) is 38.6. The molecule has 9 nitrogen and oxygen atoms in total. The van der Waals surface area contributed by atoms with Crippen LogP contribution in [0, 0.1) is 17.3 Å². The van der Waals surface area contributed by atoms with Crippen molar-refractivity contribution in [3.63, 3.8) is 0 Å². The fraction of sp³-hybridized carbons (Fsp3) is 0.688. The second kappa shape index (κ2) is 16.4. The van der Waals surface area contributed by atoms with E-state index in [2.05, 4.69) is 34.9 Å². The number of benzene rings is 1. The van der Waals surface area contributed by atoms with Gasteiger partial charge in [0.25, 0.3) is 0 Å². The van der Waals surface area contributed by atoms with Gasteiger partial charge in [-0.15, -0.1) is 0 Å². The van der Waals surface area contributed by atoms with Gasteiger partial charge in [-0.25, -0.2) is 4.79 Å². The predicted molar refractivity (Wildman–Crippen MR) is 166 cm³/mol. The minimum absolute atomic E-state index is 0.0302. The first-order chi connectivity index (χ1) is 19.0. The molecule has 0 aromatic heterocycles. The van der Waals surface area contributed by atoms with E-state index in [4.69, 9.17) is 4.74 Å². The summed E-state index contributed by atoms with van der Waals surface area (Å²) in [5.41, 5.74) is -0.150. The van der Waals surface area contributed by atoms with Crippen molar-refractivity contribution in [2.45, 2.75) is 119 Å². The fourth-order valence-electron chi connectivity index (χ4n) is 4.76. The van der Waals surface area contributed by atoms with Gasteiger partial charge in [0, 0.05) is 24.7 Å². The third-order valence-electron chi connectivity index (χ3n) is 7.38. The standard InChI is InChI=1S/C32H55N5O4/c1-12-23(4)27(36-30(40)41-20-26-16-14-13-15-17-26)28(38)34-25(6)19-33-37(11)32(9,10)21-31(7,8)29(39)35-24(5)18-22(2)3/h13-17,19,22-25,27H,12,18,20-21H2,1-11H3,(H,34,38)(H,35,39)(H,36,40)/b33-19+/t23-,24?,25-,27-/m0/s1. The molecule has 1 aromatic carbocycles. The number of nitrogens with one attached hydrogen (secondary N) is 3. The molecule has 4 atom stereocenters. The summed E-state index contributed by atoms with van der Waals surface area (Å²) in [5, 5.41) is 15.2. The maximum Gasteiger partial charge on any atom is 0.408 e. The van der Waals surface area contributed by atoms with E-state index < -0.39 is 23.1 Å². The Bertz CT molecular complexity index is 993. The van der Waals surface area contributed by atoms with Crippen LogP contribution in [0.4, 0.5) is 4.79 Å². The number of carbonyl (C=O) groups excluding carboxylic acids is 3. The van der Waals surface area contributed by atoms with Gasteiger partial charge in [0.1, 0.15) is 12.6 Å². The van der Waals surface area contributed by atoms with Crippen LogP contribution in [0.25, 0.3) is 0 Å². The van der Waals surface area contributed by atoms with E-state index in [0.717, 1.165) is 12.0 Å². The molecule has 1 aromatic rings. The molecule has 0 spiro atoms. The van der Waals surface area contributed by atoms with Crippen molar-refractivity contribution >= 4 is 24.1 Å². The summed E-state index contributed by atoms with van der Waals surface area (Å²) in [6.45, 7) is 20.2. The number of carbonyl (C=O) groups is 3. The Morgan fingerprint density at radius 1 is 0.976 bits per heavy atom. The number of alkyl carbamates (subject to hydrolysis) is 1. The van der Waals surface area contributed by atoms with Crippen molar-refractivity contribution in [1.82, 2.24) is 21.0 Å². The normalized spacial score (nSPS) is 15.1. The Morgan fingerprint density at radius 3 is 2.15 bits per heavy atom. The van der Waals surface area contributed by atoms with Gasteiger partial charge in [-0.3, -0.25) is 14.6 Å². The molecule has 0 aliphatic carbocycles. The highest BCUT2D eigenvalue weighted by atomic mass is 16.5. The molecule has 1 unspecified atom stereocenters. The average Bonchev–Trinajstić information content (AvgIpc) is 2.88. The number of hydrogen-bond acceptors (Lipinski definition) is 6. The molecule has 3 amide bonds. The number of rotatable bonds is 16. The average molecular weight is 574 g/mol. The molecular weight excluding hydrogens is 518 g/mol. The van der Waals surface area contributed by atoms with E-state index >= 15 is 0 Å². The van der Waals surface area contributed by atoms with Crippen LogP contribution >= 0.6 is 0 Å². The van der Waals surface area contributed by atoms with Crippen LogP contribution in [0.15, 0.2) is 35.4 Å². The zero-order valence-electron chi connectivity index (χ0n) is 27.2. The summed E-state index contributed by atoms with van der Waals surface area (Å²) >= 11 is 0. The number of hydrazone groups is 1. The molecule has 0 heterocycles. The number of hydrogen-bond donors (Lipinski definition) is 3. The molecule has 232 valence electrons. The Labute approximate surface area is 248 Å². The number of nitrogens with zero attached hydrogens (tertiary/aromatic N) is 2. The van der Waals surface area contributed by atoms with Crippen molar-refractivity contribution in [3.8, 4) is 0 Å². The molecule has 0 aliphatic rings. The lowest BCUT2D eigenvalue weighted by Crippen LogP contribution is -2.52. The predicted octanol–water partition coefficient (Wildman–Crippen LogP) is 5.50. The molecule has 0 saturated carbocycles. The molecular formula is C32H55N5O4. The number of ether oxygens (including phenoxy) is 1. The van der Waals surface area contributed by atoms with Crippen molar-refractivity contribution in [1.29, 1.82) is 0 Å². The van der Waals surface area contributed by atoms with Gasteiger partial charge < -0.3 is 20.7 Å². The zero-order chi connectivity index (χ0) is 31.4. The van der Waals surface area contributed by atoms with Crippen LogP contribution in [0.3, 0.4) is 0 Å². The van der Waals surface area contributed by atoms with Crippen LogP contribution in [-0.4, -0.2) is 59.8 Å². The lowest BCUT2D eigenvalue weighted by molar-refractivity contribution is -0.132. The van der Waals surface area contributed by atoms with Crippen LogP contribution in [-0.2, 0) is 20.9 Å². The van der Waals surface area contributed by atoms with Gasteiger partial charge in [-0.1, -0.05) is 78.3 Å². The van der Waals surface area contributed by atoms with Gasteiger partial charge in [0.05, 0.1) is 11.6 Å². The SMILES string of the molecule is CC[C@H](C)[C@H](NC(=O)OCc1ccccc1)C(=O)N[C@@H](C)/C=N/N(C)C(C)(C)CC(C)(C)C(=O)NC(C)CC(C)C. The zero-order valence-corrected chi connectivity index (χ0v) is 27.2. The molecule has 0 bridgehead atoms. The molecule has 9 heteroatoms. The maximum absolute atomic E-state index is 13.1. The fourth-order valence-corrected chi connectivity index (χ4v) is 4.76. The summed E-state index contributed by atoms with van der Waals surface area (Å²) in [7, 11) is 1.87. The van der Waals surface area contributed by atoms with Gasteiger partial charge >= 0.3 is 6.09 Å². The maximum atomic E-state index is 13.1. The molecule has 41 heavy (non-hydrogen) atoms. The molecule has 0 radical (unpaired) electrons. The topological polar surface area (TPSA) is 112 Å². The second-order valence-corrected chi connectivity index (χ2v) is 13.0. The van der Waals surface area contributed by atoms with E-state index in [9.17, 15) is 14.4 Å². The minimum atomic E-state index is -0.745. The van der Waals surface area contributed by atoms with Gasteiger partial charge in [0.2, 0.25) is 11.8 Å². The minimum Gasteiger partial charge on any atom is -0.445 e. The van der Waals surface area contributed by atoms with Crippen LogP contribution in [0.2, 0.25) is 0 Å². The van der Waals surface area contributed by atoms with E-state index in [0.29, 0.717) is 18.8 Å². The lowest BCUT2D eigenvalue weighted by atomic mass is 9.79. The highest BCUT2D eigenvalue weighted by Gasteiger charge is 2.37. The second-order valence-electron chi connectivity index (χ2n) is 13.0. The first kappa shape index (κ1) is 35.9. The number of amides is 3. The Kier molecular flexibility index (Phi) is 14.3. The third-order valence-corrected chi connectivity index (χ3v) is 7.38. The molecule has 0 fully saturated rings. The first-order valence-electron chi connectivity index (χ1n) is 14.8. The smallest absolute Gasteiger partial charge is 0.408 e. The Balaban J connectivity index is 2.75. The summed E-state index contributed by atoms with van der Waals surface area (Å²) < 4.78 is 5.33. The summed E-state index contributed by atoms with van der Waals surface area (Å²) in [6.07, 6.45) is 3.25. The third kappa shape index (κ3) is 13.0. The van der Waals surface area contributed by atoms with Crippen molar-refractivity contribution < 1.29 is 19.1 Å². The van der Waals surface area contributed by atoms with Crippen molar-refractivity contribution in [2.75, 3.05) is 7.05 Å². The molecule has 1 rings (SSSR count). The quantitative estimate of drug-likeness (QED) is 0.179. The Hall–Kier alpha value is -3.10. The van der Waals surface area contributed by atoms with Gasteiger partial charge in [-0.05, 0) is 57.9 Å². The van der Waals surface area contributed by atoms with E-state index in [1.807, 2.05) is 97.8 Å². The summed E-state index contributed by atoms with van der Waals surface area (Å²) in [6, 6.07) is 8.37. The van der Waals surface area contributed by atoms with E-state index in [-0.39, 0.29) is 36.4 Å². The van der Waals surface area contributed by atoms with E-state index in [1.165, 1.54) is 0 Å². The van der Waals surface area contributed by atoms with Crippen molar-refractivity contribution in [2.24, 2.45) is 22.4 Å². The lowest BCUT2D eigenvalue weighted by Gasteiger charge is -2.39. The highest BCUT2D eigenvalue weighted by Crippen LogP contribution is 2.32. The first-order valence-corrected chi connectivity index (χ1v) is 14.8. The highest BCUT2D eigenvalue weighted by molar-refractivity contribution is 5.88. The van der Waals surface area contributed by atoms with E-state index in [1.54, 1.807) is 6.21 Å². The van der Waals surface area contributed by atoms with Gasteiger partial charge in [-0.2, -0.15) is 5.10 Å². The van der Waals surface area contributed by atoms with Crippen LogP contribution in [0.5, 0.6) is 0 Å². The summed E-state index contributed by atoms with van der Waals surface area (Å²) in [5.74, 6) is 0.145. The largest absolute Gasteiger partial charge is 0.445 e. The van der Waals surface area contributed by atoms with Crippen LogP contribution < -0.4 is 16.0 Å². The monoisotopic (exact) mass is 573 g/mol. The Morgan fingerprint density at radius 2 is 1.59 bits per heavy atom. The van der Waals surface area contributed by atoms with Gasteiger partial charge in [0.15, 0.2) is 0 Å². The van der Waals surface area contributed by atoms with Crippen LogP contribution in [0.1, 0.15) is 94.1 Å². The van der Waals surface area contributed by atoms with Crippen molar-refractivity contribution in [3.05, 3.63) is 35.9 Å². The molecule has 0 aliphatic heterocycles.